The second-order valence-electron chi connectivity index (χ2n) is 5.35. The fraction of sp³-hybridized carbons (Fsp3) is 0.538. The van der Waals surface area contributed by atoms with Crippen molar-refractivity contribution in [1.82, 2.24) is 9.62 Å². The highest BCUT2D eigenvalue weighted by molar-refractivity contribution is 7.89. The number of thiophene rings is 1. The van der Waals surface area contributed by atoms with Gasteiger partial charge >= 0.3 is 0 Å². The molecule has 1 N–H and O–H groups in total. The van der Waals surface area contributed by atoms with E-state index in [2.05, 4.69) is 0 Å². The molecule has 2 amide bonds. The highest BCUT2D eigenvalue weighted by atomic mass is 32.2. The van der Waals surface area contributed by atoms with Crippen molar-refractivity contribution in [3.05, 3.63) is 22.4 Å². The summed E-state index contributed by atoms with van der Waals surface area (Å²) in [5.41, 5.74) is -1.06. The summed E-state index contributed by atoms with van der Waals surface area (Å²) < 4.78 is 24.3. The minimum absolute atomic E-state index is 0.124. The smallest absolute Gasteiger partial charge is 0.259 e. The monoisotopic (exact) mass is 330 g/mol. The number of hydrogen-bond donors (Lipinski definition) is 1. The van der Waals surface area contributed by atoms with Crippen molar-refractivity contribution >= 4 is 33.2 Å². The fourth-order valence-corrected chi connectivity index (χ4v) is 3.56. The zero-order chi connectivity index (χ0) is 15.7. The first-order chi connectivity index (χ1) is 9.72. The predicted molar refractivity (Wildman–Crippen MR) is 80.4 cm³/mol. The predicted octanol–water partition coefficient (Wildman–Crippen LogP) is 0.748. The minimum atomic E-state index is -3.62. The molecule has 1 aromatic heterocycles. The molecular weight excluding hydrogens is 312 g/mol. The van der Waals surface area contributed by atoms with E-state index in [9.17, 15) is 18.0 Å². The summed E-state index contributed by atoms with van der Waals surface area (Å²) in [5, 5.41) is 1.95. The van der Waals surface area contributed by atoms with Crippen LogP contribution >= 0.6 is 11.3 Å². The largest absolute Gasteiger partial charge is 0.328 e. The molecule has 0 aromatic carbocycles. The number of rotatable bonds is 5. The quantitative estimate of drug-likeness (QED) is 0.863. The van der Waals surface area contributed by atoms with E-state index in [1.165, 1.54) is 4.90 Å². The van der Waals surface area contributed by atoms with E-state index in [0.717, 1.165) is 11.1 Å². The van der Waals surface area contributed by atoms with Crippen LogP contribution in [-0.2, 0) is 26.0 Å². The van der Waals surface area contributed by atoms with E-state index in [0.29, 0.717) is 25.8 Å². The molecule has 1 fully saturated rings. The van der Waals surface area contributed by atoms with Crippen LogP contribution in [0.1, 0.15) is 24.6 Å². The maximum absolute atomic E-state index is 12.2. The molecule has 2 heterocycles. The molecule has 1 aromatic rings. The standard InChI is InChI=1S/C13H18N2O4S2/c1-13(12(17)14-21(2,18)19)7-8-15(13)11(16)6-5-10-4-3-9-20-10/h3-4,9H,5-8H2,1-2H3,(H,14,17). The van der Waals surface area contributed by atoms with Crippen molar-refractivity contribution in [3.63, 3.8) is 0 Å². The highest BCUT2D eigenvalue weighted by Gasteiger charge is 2.49. The molecule has 0 saturated carbocycles. The zero-order valence-electron chi connectivity index (χ0n) is 12.0. The van der Waals surface area contributed by atoms with Gasteiger partial charge < -0.3 is 4.90 Å². The normalized spacial score (nSPS) is 21.7. The Labute approximate surface area is 128 Å². The van der Waals surface area contributed by atoms with Gasteiger partial charge in [-0.05, 0) is 31.2 Å². The van der Waals surface area contributed by atoms with Gasteiger partial charge in [0.25, 0.3) is 5.91 Å². The summed E-state index contributed by atoms with van der Waals surface area (Å²) in [6.45, 7) is 2.08. The molecule has 1 unspecified atom stereocenters. The topological polar surface area (TPSA) is 83.6 Å². The number of sulfonamides is 1. The summed E-state index contributed by atoms with van der Waals surface area (Å²) >= 11 is 1.59. The van der Waals surface area contributed by atoms with Crippen molar-refractivity contribution in [3.8, 4) is 0 Å². The first kappa shape index (κ1) is 16.0. The van der Waals surface area contributed by atoms with Crippen molar-refractivity contribution in [1.29, 1.82) is 0 Å². The van der Waals surface area contributed by atoms with Gasteiger partial charge in [-0.25, -0.2) is 8.42 Å². The van der Waals surface area contributed by atoms with Gasteiger partial charge in [-0.1, -0.05) is 6.07 Å². The third kappa shape index (κ3) is 3.62. The van der Waals surface area contributed by atoms with Crippen LogP contribution in [0.4, 0.5) is 0 Å². The first-order valence-corrected chi connectivity index (χ1v) is 9.34. The van der Waals surface area contributed by atoms with Crippen LogP contribution in [0.3, 0.4) is 0 Å². The molecule has 21 heavy (non-hydrogen) atoms. The Balaban J connectivity index is 1.97. The van der Waals surface area contributed by atoms with Crippen molar-refractivity contribution in [2.45, 2.75) is 31.7 Å². The Morgan fingerprint density at radius 1 is 1.48 bits per heavy atom. The van der Waals surface area contributed by atoms with Crippen molar-refractivity contribution in [2.24, 2.45) is 0 Å². The van der Waals surface area contributed by atoms with E-state index in [-0.39, 0.29) is 5.91 Å². The van der Waals surface area contributed by atoms with E-state index in [4.69, 9.17) is 0 Å². The van der Waals surface area contributed by atoms with Crippen LogP contribution in [-0.4, -0.2) is 43.5 Å². The van der Waals surface area contributed by atoms with Crippen molar-refractivity contribution in [2.75, 3.05) is 12.8 Å². The molecule has 8 heteroatoms. The van der Waals surface area contributed by atoms with Gasteiger partial charge in [0.05, 0.1) is 6.26 Å². The number of carbonyl (C=O) groups excluding carboxylic acids is 2. The zero-order valence-corrected chi connectivity index (χ0v) is 13.6. The van der Waals surface area contributed by atoms with Gasteiger partial charge in [-0.2, -0.15) is 0 Å². The number of nitrogens with zero attached hydrogens (tertiary/aromatic N) is 1. The molecule has 1 saturated heterocycles. The average Bonchev–Trinajstić information content (AvgIpc) is 2.85. The Hall–Kier alpha value is -1.41. The Bertz CT molecular complexity index is 639. The maximum Gasteiger partial charge on any atom is 0.259 e. The first-order valence-electron chi connectivity index (χ1n) is 6.57. The van der Waals surface area contributed by atoms with E-state index in [1.54, 1.807) is 18.3 Å². The summed E-state index contributed by atoms with van der Waals surface area (Å²) in [7, 11) is -3.62. The lowest BCUT2D eigenvalue weighted by atomic mass is 9.85. The van der Waals surface area contributed by atoms with Crippen LogP contribution < -0.4 is 4.72 Å². The van der Waals surface area contributed by atoms with Gasteiger partial charge in [0.2, 0.25) is 15.9 Å². The van der Waals surface area contributed by atoms with Gasteiger partial charge in [-0.3, -0.25) is 14.3 Å². The van der Waals surface area contributed by atoms with Crippen molar-refractivity contribution < 1.29 is 18.0 Å². The van der Waals surface area contributed by atoms with Gasteiger partial charge in [0.15, 0.2) is 0 Å². The lowest BCUT2D eigenvalue weighted by molar-refractivity contribution is -0.156. The van der Waals surface area contributed by atoms with E-state index < -0.39 is 21.5 Å². The third-order valence-electron chi connectivity index (χ3n) is 3.65. The fourth-order valence-electron chi connectivity index (χ4n) is 2.29. The second-order valence-corrected chi connectivity index (χ2v) is 8.13. The highest BCUT2D eigenvalue weighted by Crippen LogP contribution is 2.31. The average molecular weight is 330 g/mol. The molecule has 1 atom stereocenters. The van der Waals surface area contributed by atoms with Gasteiger partial charge in [-0.15, -0.1) is 11.3 Å². The summed E-state index contributed by atoms with van der Waals surface area (Å²) in [4.78, 5) is 26.8. The third-order valence-corrected chi connectivity index (χ3v) is 5.14. The maximum atomic E-state index is 12.2. The number of amides is 2. The minimum Gasteiger partial charge on any atom is -0.328 e. The van der Waals surface area contributed by atoms with E-state index in [1.807, 2.05) is 22.2 Å². The SMILES string of the molecule is CC1(C(=O)NS(C)(=O)=O)CCN1C(=O)CCc1cccs1. The molecule has 1 aliphatic heterocycles. The van der Waals surface area contributed by atoms with E-state index >= 15 is 0 Å². The van der Waals surface area contributed by atoms with Gasteiger partial charge in [0, 0.05) is 17.8 Å². The molecule has 6 nitrogen and oxygen atoms in total. The molecule has 116 valence electrons. The number of nitrogens with one attached hydrogen (secondary N) is 1. The van der Waals surface area contributed by atoms with Crippen LogP contribution in [0, 0.1) is 0 Å². The van der Waals surface area contributed by atoms with Crippen LogP contribution in [0.5, 0.6) is 0 Å². The number of hydrogen-bond acceptors (Lipinski definition) is 5. The molecule has 0 aliphatic carbocycles. The molecule has 0 spiro atoms. The molecule has 2 rings (SSSR count). The Kier molecular flexibility index (Phi) is 4.38. The van der Waals surface area contributed by atoms with Gasteiger partial charge in [0.1, 0.15) is 5.54 Å². The Morgan fingerprint density at radius 3 is 2.67 bits per heavy atom. The van der Waals surface area contributed by atoms with Crippen LogP contribution in [0.15, 0.2) is 17.5 Å². The summed E-state index contributed by atoms with van der Waals surface area (Å²) in [6.07, 6.45) is 2.36. The van der Waals surface area contributed by atoms with Crippen LogP contribution in [0.25, 0.3) is 0 Å². The summed E-state index contributed by atoms with van der Waals surface area (Å²) in [5.74, 6) is -0.762. The second kappa shape index (κ2) is 5.76. The molecule has 0 radical (unpaired) electrons. The lowest BCUT2D eigenvalue weighted by Crippen LogP contribution is -2.67. The Morgan fingerprint density at radius 2 is 2.19 bits per heavy atom. The summed E-state index contributed by atoms with van der Waals surface area (Å²) in [6, 6.07) is 3.89. The molecular formula is C13H18N2O4S2. The molecule has 1 aliphatic rings. The molecule has 0 bridgehead atoms. The number of aryl methyl sites for hydroxylation is 1. The number of carbonyl (C=O) groups is 2. The van der Waals surface area contributed by atoms with Crippen LogP contribution in [0.2, 0.25) is 0 Å². The lowest BCUT2D eigenvalue weighted by Gasteiger charge is -2.48. The number of likely N-dealkylation sites (tertiary alicyclic amines) is 1.